The van der Waals surface area contributed by atoms with E-state index in [1.54, 1.807) is 0 Å². The van der Waals surface area contributed by atoms with Crippen LogP contribution in [0.2, 0.25) is 0 Å². The smallest absolute Gasteiger partial charge is 0 e. The fourth-order valence-corrected chi connectivity index (χ4v) is 0. The van der Waals surface area contributed by atoms with Gasteiger partial charge in [-0.15, -0.1) is 0 Å². The zero-order valence-corrected chi connectivity index (χ0v) is 4.22. The molecule has 0 radical (unpaired) electrons. The average Bonchev–Trinajstić information content (AvgIpc) is 1.81. The van der Waals surface area contributed by atoms with Crippen molar-refractivity contribution in [3.8, 4) is 0 Å². The second-order valence-electron chi connectivity index (χ2n) is 0. The van der Waals surface area contributed by atoms with Crippen molar-refractivity contribution in [2.45, 2.75) is 0 Å². The van der Waals surface area contributed by atoms with Crippen LogP contribution in [0.25, 0.3) is 0 Å². The van der Waals surface area contributed by atoms with Crippen LogP contribution >= 0.6 is 0 Å². The molecule has 3 nitrogen and oxygen atoms in total. The summed E-state index contributed by atoms with van der Waals surface area (Å²) < 4.78 is 15.0. The molecule has 0 saturated heterocycles. The monoisotopic (exact) mass is 138 g/mol. The van der Waals surface area contributed by atoms with Gasteiger partial charge in [0.2, 0.25) is 0 Å². The molecule has 4 heteroatoms. The van der Waals surface area contributed by atoms with E-state index < -0.39 is 0 Å². The van der Waals surface area contributed by atoms with Gasteiger partial charge in [0, 0.05) is 17.1 Å². The van der Waals surface area contributed by atoms with Gasteiger partial charge >= 0.3 is 22.6 Å². The topological polar surface area (TPSA) is 63.6 Å². The maximum Gasteiger partial charge on any atom is 0 e. The van der Waals surface area contributed by atoms with Gasteiger partial charge in [0.1, 0.15) is 0 Å². The van der Waals surface area contributed by atoms with Crippen molar-refractivity contribution in [1.29, 1.82) is 5.26 Å². The third kappa shape index (κ3) is 256. The predicted octanol–water partition coefficient (Wildman–Crippen LogP) is 0.0188. The van der Waals surface area contributed by atoms with Crippen LogP contribution in [0.1, 0.15) is 0 Å². The molecule has 0 spiro atoms. The molecule has 0 aromatic rings. The minimum absolute atomic E-state index is 0. The standard InChI is InChI=1S/CN.2CO.Fe/c3*1-2;/q-1;;;. The van der Waals surface area contributed by atoms with E-state index >= 15 is 0 Å². The largest absolute Gasteiger partial charge is 0 e. The van der Waals surface area contributed by atoms with Crippen LogP contribution < -0.4 is 0 Å². The predicted molar refractivity (Wildman–Crippen MR) is 12.8 cm³/mol. The van der Waals surface area contributed by atoms with Gasteiger partial charge in [0.25, 0.3) is 0 Å². The van der Waals surface area contributed by atoms with Gasteiger partial charge in [0.15, 0.2) is 0 Å². The first-order valence-corrected chi connectivity index (χ1v) is 0.632. The van der Waals surface area contributed by atoms with E-state index in [0.717, 1.165) is 0 Å². The minimum atomic E-state index is 0. The zero-order chi connectivity index (χ0) is 6.00. The Hall–Kier alpha value is -0.511. The van der Waals surface area contributed by atoms with Crippen molar-refractivity contribution >= 4 is 0 Å². The van der Waals surface area contributed by atoms with Gasteiger partial charge < -0.3 is 11.8 Å². The van der Waals surface area contributed by atoms with Gasteiger partial charge in [-0.2, -0.15) is 0 Å². The molecule has 0 heterocycles. The molecule has 0 aliphatic carbocycles. The van der Waals surface area contributed by atoms with E-state index in [1.807, 2.05) is 0 Å². The van der Waals surface area contributed by atoms with Crippen molar-refractivity contribution in [3.63, 3.8) is 0 Å². The molecule has 7 heavy (non-hydrogen) atoms. The molecule has 0 saturated carbocycles. The van der Waals surface area contributed by atoms with Gasteiger partial charge in [-0.05, 0) is 0 Å². The van der Waals surface area contributed by atoms with Crippen LogP contribution in [0.4, 0.5) is 0 Å². The van der Waals surface area contributed by atoms with Crippen LogP contribution in [0.15, 0.2) is 0 Å². The molecule has 0 fully saturated rings. The van der Waals surface area contributed by atoms with Gasteiger partial charge in [-0.1, -0.05) is 0 Å². The first-order chi connectivity index (χ1) is 3.00. The fraction of sp³-hybridized carbons (Fsp3) is 0. The Balaban J connectivity index is -0.00000000900. The third-order valence-corrected chi connectivity index (χ3v) is 0. The first kappa shape index (κ1) is 31.6. The van der Waals surface area contributed by atoms with Crippen molar-refractivity contribution in [1.82, 2.24) is 0 Å². The molecular formula is C3FeNO2-. The van der Waals surface area contributed by atoms with Crippen LogP contribution in [0, 0.1) is 25.1 Å². The van der Waals surface area contributed by atoms with E-state index in [2.05, 4.69) is 13.3 Å². The van der Waals surface area contributed by atoms with Crippen molar-refractivity contribution in [2.75, 3.05) is 0 Å². The van der Waals surface area contributed by atoms with Gasteiger partial charge in [-0.25, -0.2) is 0 Å². The van der Waals surface area contributed by atoms with Crippen LogP contribution in [0.5, 0.6) is 0 Å². The second kappa shape index (κ2) is 425. The number of rotatable bonds is 0. The van der Waals surface area contributed by atoms with E-state index in [4.69, 9.17) is 21.1 Å². The summed E-state index contributed by atoms with van der Waals surface area (Å²) in [5.74, 6) is 0. The Labute approximate surface area is 52.2 Å². The summed E-state index contributed by atoms with van der Waals surface area (Å²) in [7, 11) is 0. The Morgan fingerprint density at radius 1 is 0.857 bits per heavy atom. The van der Waals surface area contributed by atoms with Crippen molar-refractivity contribution < 1.29 is 26.4 Å². The maximum absolute atomic E-state index is 7.50. The van der Waals surface area contributed by atoms with E-state index in [-0.39, 0.29) is 17.1 Å². The second-order valence-corrected chi connectivity index (χ2v) is 0. The third-order valence-electron chi connectivity index (χ3n) is 0. The van der Waals surface area contributed by atoms with Crippen LogP contribution in [0.3, 0.4) is 0 Å². The summed E-state index contributed by atoms with van der Waals surface area (Å²) in [5.41, 5.74) is 0. The summed E-state index contributed by atoms with van der Waals surface area (Å²) >= 11 is 0. The molecular weight excluding hydrogens is 138 g/mol. The number of hydrogen-bond donors (Lipinski definition) is 0. The SMILES string of the molecule is [C-]#N.[C-]#[O+].[C-]#[O+].[Fe]. The molecule has 0 aromatic carbocycles. The van der Waals surface area contributed by atoms with E-state index in [1.165, 1.54) is 0 Å². The first-order valence-electron chi connectivity index (χ1n) is 0.632. The molecule has 0 N–H and O–H groups in total. The fourth-order valence-electron chi connectivity index (χ4n) is 0. The number of hydrogen-bond acceptors (Lipinski definition) is 1. The molecule has 38 valence electrons. The molecule has 0 rings (SSSR count). The van der Waals surface area contributed by atoms with E-state index in [0.29, 0.717) is 0 Å². The average molecular weight is 138 g/mol. The van der Waals surface area contributed by atoms with Gasteiger partial charge in [-0.3, -0.25) is 0 Å². The van der Waals surface area contributed by atoms with Crippen LogP contribution in [-0.4, -0.2) is 0 Å². The summed E-state index contributed by atoms with van der Waals surface area (Å²) in [4.78, 5) is 0. The molecule has 0 atom stereocenters. The summed E-state index contributed by atoms with van der Waals surface area (Å²) in [6.45, 7) is 13.8. The molecule has 0 aliphatic heterocycles. The summed E-state index contributed by atoms with van der Waals surface area (Å²) in [5, 5.41) is 6.25. The Morgan fingerprint density at radius 3 is 0.857 bits per heavy atom. The van der Waals surface area contributed by atoms with Crippen molar-refractivity contribution in [3.05, 3.63) is 19.9 Å². The normalized spacial score (nSPS) is 0.857. The molecule has 0 aliphatic rings. The Bertz CT molecular complexity index is 41.4. The Kier molecular flexibility index (Phi) is 1910. The van der Waals surface area contributed by atoms with E-state index in [9.17, 15) is 0 Å². The summed E-state index contributed by atoms with van der Waals surface area (Å²) in [6.07, 6.45) is 0. The minimum Gasteiger partial charge on any atom is 0 e. The molecule has 0 bridgehead atoms. The molecule has 0 amide bonds. The number of nitrogens with zero attached hydrogens (tertiary/aromatic N) is 1. The van der Waals surface area contributed by atoms with Gasteiger partial charge in [0.05, 0.1) is 0 Å². The maximum atomic E-state index is 7.50. The Morgan fingerprint density at radius 2 is 0.857 bits per heavy atom. The zero-order valence-electron chi connectivity index (χ0n) is 3.12. The van der Waals surface area contributed by atoms with Crippen LogP contribution in [-0.2, 0) is 26.4 Å². The molecule has 0 unspecified atom stereocenters. The summed E-state index contributed by atoms with van der Waals surface area (Å²) in [6, 6.07) is 0. The molecule has 0 aromatic heterocycles. The quantitative estimate of drug-likeness (QED) is 0.264. The van der Waals surface area contributed by atoms with Crippen molar-refractivity contribution in [2.24, 2.45) is 0 Å².